The third kappa shape index (κ3) is 4.00. The topological polar surface area (TPSA) is 53.7 Å². The standard InChI is InChI=1S/C27H35N5O/c1-17-9-11-30(15-17)26-21(5)16-32-25(28-26)14-23(29-32)24-8-6-7-10-31(24)27(33)22-13-19(3)18(2)12-20(22)4/h12-14,16-17,24H,6-11,15H2,1-5H3/t17-,24-/m0/s1. The van der Waals surface area contributed by atoms with Crippen molar-refractivity contribution in [2.24, 2.45) is 5.92 Å². The number of amides is 1. The first-order valence-electron chi connectivity index (χ1n) is 12.3. The highest BCUT2D eigenvalue weighted by Crippen LogP contribution is 2.33. The number of carbonyl (C=O) groups is 1. The summed E-state index contributed by atoms with van der Waals surface area (Å²) in [5, 5.41) is 4.90. The van der Waals surface area contributed by atoms with Gasteiger partial charge >= 0.3 is 0 Å². The number of anilines is 1. The van der Waals surface area contributed by atoms with E-state index in [1.54, 1.807) is 0 Å². The second kappa shape index (κ2) is 8.47. The Labute approximate surface area is 196 Å². The first kappa shape index (κ1) is 21.9. The highest BCUT2D eigenvalue weighted by atomic mass is 16.2. The van der Waals surface area contributed by atoms with Gasteiger partial charge in [0.15, 0.2) is 5.65 Å². The summed E-state index contributed by atoms with van der Waals surface area (Å²) in [6.07, 6.45) is 6.39. The zero-order valence-corrected chi connectivity index (χ0v) is 20.6. The van der Waals surface area contributed by atoms with Crippen LogP contribution >= 0.6 is 0 Å². The number of piperidine rings is 1. The van der Waals surface area contributed by atoms with Crippen molar-refractivity contribution in [1.29, 1.82) is 0 Å². The number of aromatic nitrogens is 3. The van der Waals surface area contributed by atoms with E-state index in [0.29, 0.717) is 5.92 Å². The average molecular weight is 446 g/mol. The van der Waals surface area contributed by atoms with Crippen molar-refractivity contribution in [2.45, 2.75) is 66.3 Å². The summed E-state index contributed by atoms with van der Waals surface area (Å²) in [7, 11) is 0. The molecule has 33 heavy (non-hydrogen) atoms. The number of carbonyl (C=O) groups excluding carboxylic acids is 1. The number of nitrogens with zero attached hydrogens (tertiary/aromatic N) is 5. The van der Waals surface area contributed by atoms with Crippen molar-refractivity contribution in [1.82, 2.24) is 19.5 Å². The molecule has 2 fully saturated rings. The monoisotopic (exact) mass is 445 g/mol. The van der Waals surface area contributed by atoms with Gasteiger partial charge < -0.3 is 9.80 Å². The summed E-state index contributed by atoms with van der Waals surface area (Å²) >= 11 is 0. The molecule has 6 heteroatoms. The molecular formula is C27H35N5O. The number of hydrogen-bond donors (Lipinski definition) is 0. The number of hydrogen-bond acceptors (Lipinski definition) is 4. The lowest BCUT2D eigenvalue weighted by atomic mass is 9.95. The van der Waals surface area contributed by atoms with Gasteiger partial charge in [0, 0.05) is 43.0 Å². The highest BCUT2D eigenvalue weighted by Gasteiger charge is 2.32. The van der Waals surface area contributed by atoms with Crippen LogP contribution in [0.4, 0.5) is 5.82 Å². The second-order valence-corrected chi connectivity index (χ2v) is 10.2. The molecule has 0 saturated carbocycles. The third-order valence-corrected chi connectivity index (χ3v) is 7.52. The van der Waals surface area contributed by atoms with E-state index in [1.165, 1.54) is 12.0 Å². The van der Waals surface area contributed by atoms with Crippen molar-refractivity contribution in [3.63, 3.8) is 0 Å². The Morgan fingerprint density at radius 3 is 2.48 bits per heavy atom. The number of rotatable bonds is 3. The van der Waals surface area contributed by atoms with Crippen LogP contribution in [0.2, 0.25) is 0 Å². The van der Waals surface area contributed by atoms with Gasteiger partial charge in [0.2, 0.25) is 0 Å². The summed E-state index contributed by atoms with van der Waals surface area (Å²) in [5.41, 5.74) is 7.21. The molecule has 2 atom stereocenters. The molecule has 0 spiro atoms. The van der Waals surface area contributed by atoms with Crippen molar-refractivity contribution < 1.29 is 4.79 Å². The smallest absolute Gasteiger partial charge is 0.254 e. The van der Waals surface area contributed by atoms with Crippen LogP contribution in [0.25, 0.3) is 5.65 Å². The van der Waals surface area contributed by atoms with E-state index in [9.17, 15) is 4.79 Å². The zero-order chi connectivity index (χ0) is 23.3. The van der Waals surface area contributed by atoms with E-state index in [1.807, 2.05) is 16.3 Å². The van der Waals surface area contributed by atoms with E-state index < -0.39 is 0 Å². The maximum atomic E-state index is 13.7. The normalized spacial score (nSPS) is 21.2. The first-order valence-corrected chi connectivity index (χ1v) is 12.3. The fourth-order valence-corrected chi connectivity index (χ4v) is 5.46. The number of benzene rings is 1. The second-order valence-electron chi connectivity index (χ2n) is 10.2. The number of fused-ring (bicyclic) bond motifs is 1. The van der Waals surface area contributed by atoms with Gasteiger partial charge in [-0.15, -0.1) is 0 Å². The summed E-state index contributed by atoms with van der Waals surface area (Å²) < 4.78 is 1.90. The highest BCUT2D eigenvalue weighted by molar-refractivity contribution is 5.96. The van der Waals surface area contributed by atoms with Crippen molar-refractivity contribution in [2.75, 3.05) is 24.5 Å². The maximum Gasteiger partial charge on any atom is 0.254 e. The van der Waals surface area contributed by atoms with Gasteiger partial charge in [-0.2, -0.15) is 5.10 Å². The Bertz CT molecular complexity index is 1210. The summed E-state index contributed by atoms with van der Waals surface area (Å²) in [6, 6.07) is 6.26. The summed E-state index contributed by atoms with van der Waals surface area (Å²) in [4.78, 5) is 23.1. The quantitative estimate of drug-likeness (QED) is 0.558. The molecule has 0 bridgehead atoms. The van der Waals surface area contributed by atoms with Crippen molar-refractivity contribution in [3.05, 3.63) is 57.9 Å². The fraction of sp³-hybridized carbons (Fsp3) is 0.519. The first-order chi connectivity index (χ1) is 15.8. The maximum absolute atomic E-state index is 13.7. The van der Waals surface area contributed by atoms with Crippen LogP contribution in [0.3, 0.4) is 0 Å². The minimum Gasteiger partial charge on any atom is -0.356 e. The zero-order valence-electron chi connectivity index (χ0n) is 20.6. The predicted molar refractivity (Wildman–Crippen MR) is 132 cm³/mol. The molecular weight excluding hydrogens is 410 g/mol. The molecule has 0 N–H and O–H groups in total. The van der Waals surface area contributed by atoms with Crippen LogP contribution in [0.5, 0.6) is 0 Å². The molecule has 3 aromatic rings. The lowest BCUT2D eigenvalue weighted by molar-refractivity contribution is 0.0605. The van der Waals surface area contributed by atoms with E-state index in [2.05, 4.69) is 57.0 Å². The number of likely N-dealkylation sites (tertiary alicyclic amines) is 1. The van der Waals surface area contributed by atoms with Gasteiger partial charge in [0.25, 0.3) is 5.91 Å². The van der Waals surface area contributed by atoms with Gasteiger partial charge in [-0.1, -0.05) is 13.0 Å². The van der Waals surface area contributed by atoms with Crippen LogP contribution in [0.1, 0.15) is 77.0 Å². The molecule has 174 valence electrons. The molecule has 2 aliphatic heterocycles. The van der Waals surface area contributed by atoms with Gasteiger partial charge in [-0.25, -0.2) is 9.50 Å². The van der Waals surface area contributed by atoms with Crippen LogP contribution in [-0.2, 0) is 0 Å². The average Bonchev–Trinajstić information content (AvgIpc) is 3.40. The van der Waals surface area contributed by atoms with Crippen LogP contribution < -0.4 is 4.90 Å². The summed E-state index contributed by atoms with van der Waals surface area (Å²) in [5.74, 6) is 1.90. The molecule has 1 amide bonds. The van der Waals surface area contributed by atoms with Crippen LogP contribution in [0.15, 0.2) is 24.4 Å². The minimum absolute atomic E-state index is 0.00970. The Morgan fingerprint density at radius 1 is 0.939 bits per heavy atom. The van der Waals surface area contributed by atoms with Crippen molar-refractivity contribution in [3.8, 4) is 0 Å². The lowest BCUT2D eigenvalue weighted by Gasteiger charge is -2.35. The number of aryl methyl sites for hydroxylation is 4. The van der Waals surface area contributed by atoms with Gasteiger partial charge in [0.1, 0.15) is 5.82 Å². The largest absolute Gasteiger partial charge is 0.356 e. The molecule has 6 nitrogen and oxygen atoms in total. The molecule has 0 radical (unpaired) electrons. The van der Waals surface area contributed by atoms with Crippen LogP contribution in [0, 0.1) is 33.6 Å². The molecule has 2 aromatic heterocycles. The van der Waals surface area contributed by atoms with E-state index in [4.69, 9.17) is 10.1 Å². The summed E-state index contributed by atoms with van der Waals surface area (Å²) in [6.45, 7) is 13.5. The fourth-order valence-electron chi connectivity index (χ4n) is 5.46. The third-order valence-electron chi connectivity index (χ3n) is 7.52. The Balaban J connectivity index is 1.48. The Morgan fingerprint density at radius 2 is 1.73 bits per heavy atom. The molecule has 5 rings (SSSR count). The van der Waals surface area contributed by atoms with E-state index in [-0.39, 0.29) is 11.9 Å². The molecule has 1 aromatic carbocycles. The van der Waals surface area contributed by atoms with Gasteiger partial charge in [-0.05, 0) is 82.1 Å². The lowest BCUT2D eigenvalue weighted by Crippen LogP contribution is -2.39. The molecule has 2 aliphatic rings. The SMILES string of the molecule is Cc1cc(C)c(C(=O)N2CCCC[C@H]2c2cc3nc(N4CC[C@H](C)C4)c(C)cn3n2)cc1C. The van der Waals surface area contributed by atoms with Gasteiger partial charge in [-0.3, -0.25) is 4.79 Å². The van der Waals surface area contributed by atoms with E-state index >= 15 is 0 Å². The Kier molecular flexibility index (Phi) is 5.63. The molecule has 2 saturated heterocycles. The molecule has 0 unspecified atom stereocenters. The molecule has 4 heterocycles. The molecule has 0 aliphatic carbocycles. The Hall–Kier alpha value is -2.89. The predicted octanol–water partition coefficient (Wildman–Crippen LogP) is 5.18. The van der Waals surface area contributed by atoms with Crippen LogP contribution in [-0.4, -0.2) is 45.0 Å². The van der Waals surface area contributed by atoms with E-state index in [0.717, 1.165) is 78.3 Å². The van der Waals surface area contributed by atoms with Gasteiger partial charge in [0.05, 0.1) is 11.7 Å². The minimum atomic E-state index is -0.00970. The van der Waals surface area contributed by atoms with Crippen molar-refractivity contribution >= 4 is 17.4 Å².